The van der Waals surface area contributed by atoms with E-state index in [1.165, 1.54) is 14.0 Å². The van der Waals surface area contributed by atoms with Crippen molar-refractivity contribution in [2.24, 2.45) is 5.92 Å². The number of hydrogen-bond donors (Lipinski definition) is 0. The van der Waals surface area contributed by atoms with Crippen LogP contribution < -0.4 is 0 Å². The molecular formula is C11H16O7. The average Bonchev–Trinajstić information content (AvgIpc) is 2.35. The molecule has 0 aromatic carbocycles. The van der Waals surface area contributed by atoms with Crippen LogP contribution in [-0.4, -0.2) is 44.0 Å². The minimum absolute atomic E-state index is 0.113. The van der Waals surface area contributed by atoms with E-state index in [0.717, 1.165) is 14.0 Å². The van der Waals surface area contributed by atoms with E-state index in [9.17, 15) is 19.2 Å². The SMILES string of the molecule is COC(=O)C(C)CC(OC(=O)C(C)=O)C(=O)OC. The molecule has 0 N–H and O–H groups in total. The van der Waals surface area contributed by atoms with E-state index in [0.29, 0.717) is 0 Å². The Kier molecular flexibility index (Phi) is 6.62. The Hall–Kier alpha value is -1.92. The highest BCUT2D eigenvalue weighted by Crippen LogP contribution is 2.12. The summed E-state index contributed by atoms with van der Waals surface area (Å²) in [6.07, 6.45) is -1.42. The van der Waals surface area contributed by atoms with E-state index in [4.69, 9.17) is 0 Å². The van der Waals surface area contributed by atoms with Crippen molar-refractivity contribution in [2.75, 3.05) is 14.2 Å². The Morgan fingerprint density at radius 3 is 1.89 bits per heavy atom. The van der Waals surface area contributed by atoms with E-state index in [1.807, 2.05) is 0 Å². The van der Waals surface area contributed by atoms with Gasteiger partial charge in [0.2, 0.25) is 5.78 Å². The maximum atomic E-state index is 11.4. The fourth-order valence-corrected chi connectivity index (χ4v) is 1.15. The predicted molar refractivity (Wildman–Crippen MR) is 58.4 cm³/mol. The van der Waals surface area contributed by atoms with E-state index in [1.54, 1.807) is 0 Å². The third-order valence-electron chi connectivity index (χ3n) is 2.17. The lowest BCUT2D eigenvalue weighted by Crippen LogP contribution is -2.33. The Bertz CT molecular complexity index is 347. The number of esters is 3. The van der Waals surface area contributed by atoms with E-state index < -0.39 is 35.7 Å². The Morgan fingerprint density at radius 1 is 1.00 bits per heavy atom. The first-order valence-corrected chi connectivity index (χ1v) is 5.20. The molecule has 2 atom stereocenters. The summed E-state index contributed by atoms with van der Waals surface area (Å²) in [5, 5.41) is 0. The summed E-state index contributed by atoms with van der Waals surface area (Å²) in [4.78, 5) is 44.4. The smallest absolute Gasteiger partial charge is 0.375 e. The molecule has 0 aliphatic rings. The highest BCUT2D eigenvalue weighted by molar-refractivity contribution is 6.32. The summed E-state index contributed by atoms with van der Waals surface area (Å²) in [5.74, 6) is -4.04. The minimum Gasteiger partial charge on any atom is -0.469 e. The molecule has 0 amide bonds. The third kappa shape index (κ3) is 4.94. The van der Waals surface area contributed by atoms with Crippen LogP contribution in [0.1, 0.15) is 20.3 Å². The van der Waals surface area contributed by atoms with Gasteiger partial charge in [-0.15, -0.1) is 0 Å². The first kappa shape index (κ1) is 16.1. The van der Waals surface area contributed by atoms with Crippen LogP contribution in [0.25, 0.3) is 0 Å². The van der Waals surface area contributed by atoms with Gasteiger partial charge in [0.1, 0.15) is 0 Å². The molecule has 0 aromatic rings. The first-order chi connectivity index (χ1) is 8.33. The number of ketones is 1. The van der Waals surface area contributed by atoms with Gasteiger partial charge in [-0.3, -0.25) is 9.59 Å². The first-order valence-electron chi connectivity index (χ1n) is 5.20. The Balaban J connectivity index is 4.70. The van der Waals surface area contributed by atoms with Crippen LogP contribution in [0.5, 0.6) is 0 Å². The van der Waals surface area contributed by atoms with Crippen LogP contribution in [0.2, 0.25) is 0 Å². The van der Waals surface area contributed by atoms with Gasteiger partial charge in [0, 0.05) is 13.3 Å². The molecule has 2 unspecified atom stereocenters. The van der Waals surface area contributed by atoms with Gasteiger partial charge < -0.3 is 14.2 Å². The van der Waals surface area contributed by atoms with Crippen LogP contribution in [0.15, 0.2) is 0 Å². The Morgan fingerprint density at radius 2 is 1.50 bits per heavy atom. The number of rotatable bonds is 6. The van der Waals surface area contributed by atoms with E-state index >= 15 is 0 Å². The number of methoxy groups -OCH3 is 2. The molecule has 0 aliphatic heterocycles. The normalized spacial score (nSPS) is 13.1. The summed E-state index contributed by atoms with van der Waals surface area (Å²) in [6, 6.07) is 0. The molecule has 0 heterocycles. The summed E-state index contributed by atoms with van der Waals surface area (Å²) < 4.78 is 13.6. The van der Waals surface area contributed by atoms with Crippen molar-refractivity contribution in [3.8, 4) is 0 Å². The molecule has 7 heteroatoms. The van der Waals surface area contributed by atoms with Crippen molar-refractivity contribution < 1.29 is 33.4 Å². The zero-order valence-corrected chi connectivity index (χ0v) is 10.7. The molecule has 102 valence electrons. The van der Waals surface area contributed by atoms with Crippen LogP contribution in [0, 0.1) is 5.92 Å². The van der Waals surface area contributed by atoms with Gasteiger partial charge in [0.15, 0.2) is 6.10 Å². The summed E-state index contributed by atoms with van der Waals surface area (Å²) in [6.45, 7) is 2.52. The molecular weight excluding hydrogens is 244 g/mol. The zero-order valence-electron chi connectivity index (χ0n) is 10.7. The maximum Gasteiger partial charge on any atom is 0.375 e. The van der Waals surface area contributed by atoms with Crippen molar-refractivity contribution in [1.82, 2.24) is 0 Å². The molecule has 0 aliphatic carbocycles. The Labute approximate surface area is 104 Å². The van der Waals surface area contributed by atoms with E-state index in [2.05, 4.69) is 14.2 Å². The number of hydrogen-bond acceptors (Lipinski definition) is 7. The molecule has 0 aromatic heterocycles. The number of carbonyl (C=O) groups is 4. The summed E-state index contributed by atoms with van der Waals surface area (Å²) in [5.41, 5.74) is 0. The lowest BCUT2D eigenvalue weighted by Gasteiger charge is -2.17. The van der Waals surface area contributed by atoms with Gasteiger partial charge in [-0.05, 0) is 0 Å². The summed E-state index contributed by atoms with van der Waals surface area (Å²) in [7, 11) is 2.31. The molecule has 0 bridgehead atoms. The van der Waals surface area contributed by atoms with Crippen LogP contribution in [0.3, 0.4) is 0 Å². The van der Waals surface area contributed by atoms with Gasteiger partial charge in [0.05, 0.1) is 20.1 Å². The second kappa shape index (κ2) is 7.41. The molecule has 0 saturated carbocycles. The van der Waals surface area contributed by atoms with Crippen molar-refractivity contribution in [3.63, 3.8) is 0 Å². The molecule has 0 radical (unpaired) electrons. The van der Waals surface area contributed by atoms with Crippen LogP contribution in [-0.2, 0) is 33.4 Å². The third-order valence-corrected chi connectivity index (χ3v) is 2.17. The maximum absolute atomic E-state index is 11.4. The van der Waals surface area contributed by atoms with Gasteiger partial charge in [0.25, 0.3) is 0 Å². The number of carbonyl (C=O) groups excluding carboxylic acids is 4. The lowest BCUT2D eigenvalue weighted by molar-refractivity contribution is -0.170. The molecule has 0 saturated heterocycles. The van der Waals surface area contributed by atoms with E-state index in [-0.39, 0.29) is 6.42 Å². The zero-order chi connectivity index (χ0) is 14.3. The molecule has 0 rings (SSSR count). The van der Waals surface area contributed by atoms with Gasteiger partial charge in [-0.25, -0.2) is 9.59 Å². The van der Waals surface area contributed by atoms with Crippen molar-refractivity contribution >= 4 is 23.7 Å². The predicted octanol–water partition coefficient (Wildman–Crippen LogP) is -0.141. The van der Waals surface area contributed by atoms with Crippen molar-refractivity contribution in [3.05, 3.63) is 0 Å². The van der Waals surface area contributed by atoms with Crippen LogP contribution in [0.4, 0.5) is 0 Å². The quantitative estimate of drug-likeness (QED) is 0.372. The second-order valence-electron chi connectivity index (χ2n) is 3.63. The topological polar surface area (TPSA) is 96.0 Å². The standard InChI is InChI=1S/C11H16O7/c1-6(9(13)16-3)5-8(11(15)17-4)18-10(14)7(2)12/h6,8H,5H2,1-4H3. The lowest BCUT2D eigenvalue weighted by atomic mass is 10.0. The van der Waals surface area contributed by atoms with Gasteiger partial charge in [-0.2, -0.15) is 0 Å². The van der Waals surface area contributed by atoms with Crippen molar-refractivity contribution in [2.45, 2.75) is 26.4 Å². The minimum atomic E-state index is -1.31. The summed E-state index contributed by atoms with van der Waals surface area (Å²) >= 11 is 0. The second-order valence-corrected chi connectivity index (χ2v) is 3.63. The highest BCUT2D eigenvalue weighted by Gasteiger charge is 2.30. The molecule has 0 fully saturated rings. The fraction of sp³-hybridized carbons (Fsp3) is 0.636. The average molecular weight is 260 g/mol. The number of ether oxygens (including phenoxy) is 3. The fourth-order valence-electron chi connectivity index (χ4n) is 1.15. The van der Waals surface area contributed by atoms with Crippen LogP contribution >= 0.6 is 0 Å². The molecule has 18 heavy (non-hydrogen) atoms. The largest absolute Gasteiger partial charge is 0.469 e. The number of Topliss-reactive ketones (excluding diaryl/α,β-unsaturated/α-hetero) is 1. The van der Waals surface area contributed by atoms with Gasteiger partial charge in [-0.1, -0.05) is 6.92 Å². The molecule has 7 nitrogen and oxygen atoms in total. The van der Waals surface area contributed by atoms with Gasteiger partial charge >= 0.3 is 17.9 Å². The monoisotopic (exact) mass is 260 g/mol. The highest BCUT2D eigenvalue weighted by atomic mass is 16.6. The molecule has 0 spiro atoms. The van der Waals surface area contributed by atoms with Crippen molar-refractivity contribution in [1.29, 1.82) is 0 Å².